The Morgan fingerprint density at radius 3 is 2.62 bits per heavy atom. The fraction of sp³-hybridized carbons (Fsp3) is 0.300. The van der Waals surface area contributed by atoms with Crippen molar-refractivity contribution in [2.75, 3.05) is 12.5 Å². The van der Waals surface area contributed by atoms with Crippen LogP contribution in [0.15, 0.2) is 41.5 Å². The number of anilines is 1. The molecule has 26 heavy (non-hydrogen) atoms. The molecule has 0 fully saturated rings. The highest BCUT2D eigenvalue weighted by Crippen LogP contribution is 2.41. The van der Waals surface area contributed by atoms with E-state index in [-0.39, 0.29) is 18.7 Å². The van der Waals surface area contributed by atoms with E-state index in [2.05, 4.69) is 0 Å². The second kappa shape index (κ2) is 6.37. The van der Waals surface area contributed by atoms with Crippen LogP contribution in [0.5, 0.6) is 11.5 Å². The highest BCUT2D eigenvalue weighted by atomic mass is 16.7. The molecule has 4 rings (SSSR count). The number of fused-ring (bicyclic) bond motifs is 2. The molecule has 0 saturated carbocycles. The Hall–Kier alpha value is -3.02. The van der Waals surface area contributed by atoms with Gasteiger partial charge in [-0.2, -0.15) is 5.10 Å². The molecule has 6 heteroatoms. The monoisotopic (exact) mass is 351 g/mol. The number of hydrogen-bond acceptors (Lipinski definition) is 5. The van der Waals surface area contributed by atoms with Gasteiger partial charge in [0, 0.05) is 23.2 Å². The van der Waals surface area contributed by atoms with Gasteiger partial charge in [0.15, 0.2) is 11.5 Å². The van der Waals surface area contributed by atoms with Crippen LogP contribution in [0, 0.1) is 0 Å². The first-order valence-corrected chi connectivity index (χ1v) is 8.79. The van der Waals surface area contributed by atoms with Crippen molar-refractivity contribution in [3.8, 4) is 11.5 Å². The Morgan fingerprint density at radius 2 is 1.92 bits per heavy atom. The topological polar surface area (TPSA) is 77.2 Å². The Balaban J connectivity index is 1.87. The third-order valence-corrected chi connectivity index (χ3v) is 4.73. The highest BCUT2D eigenvalue weighted by Gasteiger charge is 2.32. The lowest BCUT2D eigenvalue weighted by Crippen LogP contribution is -2.34. The first-order valence-electron chi connectivity index (χ1n) is 8.79. The van der Waals surface area contributed by atoms with E-state index in [0.29, 0.717) is 23.6 Å². The van der Waals surface area contributed by atoms with Crippen molar-refractivity contribution in [1.29, 1.82) is 0 Å². The summed E-state index contributed by atoms with van der Waals surface area (Å²) < 4.78 is 11.1. The van der Waals surface area contributed by atoms with Crippen molar-refractivity contribution in [3.63, 3.8) is 0 Å². The van der Waals surface area contributed by atoms with Crippen LogP contribution in [-0.4, -0.2) is 23.4 Å². The molecule has 134 valence electrons. The molecular weight excluding hydrogens is 330 g/mol. The van der Waals surface area contributed by atoms with E-state index in [1.54, 1.807) is 5.01 Å². The second-order valence-electron chi connectivity index (χ2n) is 6.53. The molecule has 1 atom stereocenters. The molecular formula is C20H21N3O3. The summed E-state index contributed by atoms with van der Waals surface area (Å²) in [7, 11) is 0. The van der Waals surface area contributed by atoms with Gasteiger partial charge in [0.05, 0.1) is 11.8 Å². The molecule has 2 heterocycles. The number of nitrogens with two attached hydrogens (primary N) is 1. The van der Waals surface area contributed by atoms with Gasteiger partial charge in [-0.25, -0.2) is 5.01 Å². The predicted octanol–water partition coefficient (Wildman–Crippen LogP) is 3.45. The number of benzene rings is 2. The molecule has 6 nitrogen and oxygen atoms in total. The van der Waals surface area contributed by atoms with E-state index in [9.17, 15) is 4.79 Å². The molecule has 1 amide bonds. The maximum Gasteiger partial charge on any atom is 0.243 e. The predicted molar refractivity (Wildman–Crippen MR) is 99.2 cm³/mol. The lowest BCUT2D eigenvalue weighted by Gasteiger charge is -2.32. The number of amides is 1. The first-order chi connectivity index (χ1) is 12.6. The van der Waals surface area contributed by atoms with Crippen LogP contribution in [0.25, 0.3) is 0 Å². The summed E-state index contributed by atoms with van der Waals surface area (Å²) >= 11 is 0. The van der Waals surface area contributed by atoms with Crippen LogP contribution < -0.4 is 15.2 Å². The Kier molecular flexibility index (Phi) is 4.03. The number of nitrogens with zero attached hydrogens (tertiary/aromatic N) is 2. The van der Waals surface area contributed by atoms with Crippen molar-refractivity contribution >= 4 is 17.3 Å². The minimum absolute atomic E-state index is 0.0104. The molecule has 0 saturated heterocycles. The zero-order valence-corrected chi connectivity index (χ0v) is 14.9. The molecule has 2 aliphatic heterocycles. The minimum atomic E-state index is -0.170. The molecule has 2 N–H and O–H groups in total. The van der Waals surface area contributed by atoms with Gasteiger partial charge in [0.2, 0.25) is 12.7 Å². The lowest BCUT2D eigenvalue weighted by molar-refractivity contribution is -0.133. The molecule has 2 aliphatic rings. The minimum Gasteiger partial charge on any atom is -0.454 e. The van der Waals surface area contributed by atoms with E-state index in [4.69, 9.17) is 20.3 Å². The van der Waals surface area contributed by atoms with E-state index < -0.39 is 0 Å². The van der Waals surface area contributed by atoms with Crippen molar-refractivity contribution in [3.05, 3.63) is 53.1 Å². The SMILES string of the molecule is CCCC(=O)N1N=C(c2ccc(N)cc2)c2cc3c(cc2C1C)OCO3. The van der Waals surface area contributed by atoms with Gasteiger partial charge in [0.25, 0.3) is 0 Å². The van der Waals surface area contributed by atoms with Gasteiger partial charge < -0.3 is 15.2 Å². The zero-order chi connectivity index (χ0) is 18.3. The quantitative estimate of drug-likeness (QED) is 0.859. The summed E-state index contributed by atoms with van der Waals surface area (Å²) in [5, 5.41) is 6.29. The van der Waals surface area contributed by atoms with Crippen LogP contribution in [-0.2, 0) is 4.79 Å². The maximum absolute atomic E-state index is 12.6. The van der Waals surface area contributed by atoms with Gasteiger partial charge in [-0.1, -0.05) is 19.1 Å². The molecule has 0 aliphatic carbocycles. The summed E-state index contributed by atoms with van der Waals surface area (Å²) in [6.45, 7) is 4.18. The summed E-state index contributed by atoms with van der Waals surface area (Å²) in [5.74, 6) is 1.42. The summed E-state index contributed by atoms with van der Waals surface area (Å²) in [5.41, 5.74) is 10.1. The van der Waals surface area contributed by atoms with Gasteiger partial charge in [-0.05, 0) is 43.2 Å². The Morgan fingerprint density at radius 1 is 1.23 bits per heavy atom. The number of carbonyl (C=O) groups excluding carboxylic acids is 1. The molecule has 0 aromatic heterocycles. The molecule has 0 radical (unpaired) electrons. The zero-order valence-electron chi connectivity index (χ0n) is 14.9. The third-order valence-electron chi connectivity index (χ3n) is 4.73. The first kappa shape index (κ1) is 16.4. The van der Waals surface area contributed by atoms with Crippen molar-refractivity contribution in [2.45, 2.75) is 32.7 Å². The Bertz CT molecular complexity index is 890. The number of hydrogen-bond donors (Lipinski definition) is 1. The fourth-order valence-corrected chi connectivity index (χ4v) is 3.34. The number of hydrazone groups is 1. The van der Waals surface area contributed by atoms with Crippen LogP contribution in [0.2, 0.25) is 0 Å². The number of rotatable bonds is 3. The Labute approximate surface area is 152 Å². The fourth-order valence-electron chi connectivity index (χ4n) is 3.34. The molecule has 0 bridgehead atoms. The van der Waals surface area contributed by atoms with Crippen molar-refractivity contribution in [1.82, 2.24) is 5.01 Å². The van der Waals surface area contributed by atoms with E-state index in [0.717, 1.165) is 28.8 Å². The number of nitrogen functional groups attached to an aromatic ring is 1. The average molecular weight is 351 g/mol. The van der Waals surface area contributed by atoms with Crippen LogP contribution in [0.3, 0.4) is 0 Å². The molecule has 2 aromatic rings. The smallest absolute Gasteiger partial charge is 0.243 e. The number of carbonyl (C=O) groups is 1. The van der Waals surface area contributed by atoms with Crippen LogP contribution in [0.4, 0.5) is 5.69 Å². The van der Waals surface area contributed by atoms with E-state index in [1.807, 2.05) is 50.2 Å². The summed E-state index contributed by atoms with van der Waals surface area (Å²) in [6, 6.07) is 11.2. The third kappa shape index (κ3) is 2.67. The molecule has 2 aromatic carbocycles. The normalized spacial score (nSPS) is 17.7. The van der Waals surface area contributed by atoms with Gasteiger partial charge in [-0.15, -0.1) is 0 Å². The van der Waals surface area contributed by atoms with Crippen molar-refractivity contribution < 1.29 is 14.3 Å². The van der Waals surface area contributed by atoms with Gasteiger partial charge in [0.1, 0.15) is 0 Å². The van der Waals surface area contributed by atoms with E-state index >= 15 is 0 Å². The lowest BCUT2D eigenvalue weighted by atomic mass is 9.91. The molecule has 0 spiro atoms. The van der Waals surface area contributed by atoms with Crippen LogP contribution in [0.1, 0.15) is 49.4 Å². The summed E-state index contributed by atoms with van der Waals surface area (Å²) in [6.07, 6.45) is 1.24. The standard InChI is InChI=1S/C20H21N3O3/c1-3-4-19(24)23-12(2)15-9-17-18(26-11-25-17)10-16(15)20(22-23)13-5-7-14(21)8-6-13/h5-10,12H,3-4,11,21H2,1-2H3. The van der Waals surface area contributed by atoms with Gasteiger partial charge in [-0.3, -0.25) is 4.79 Å². The van der Waals surface area contributed by atoms with Crippen LogP contribution >= 0.6 is 0 Å². The van der Waals surface area contributed by atoms with Crippen molar-refractivity contribution in [2.24, 2.45) is 5.10 Å². The van der Waals surface area contributed by atoms with E-state index in [1.165, 1.54) is 0 Å². The number of ether oxygens (including phenoxy) is 2. The molecule has 1 unspecified atom stereocenters. The highest BCUT2D eigenvalue weighted by molar-refractivity contribution is 6.15. The second-order valence-corrected chi connectivity index (χ2v) is 6.53. The maximum atomic E-state index is 12.6. The summed E-state index contributed by atoms with van der Waals surface area (Å²) in [4.78, 5) is 12.6. The average Bonchev–Trinajstić information content (AvgIpc) is 3.09. The van der Waals surface area contributed by atoms with Gasteiger partial charge >= 0.3 is 0 Å². The largest absolute Gasteiger partial charge is 0.454 e.